The Morgan fingerprint density at radius 1 is 0.800 bits per heavy atom. The largest absolute Gasteiger partial charge is 0.497 e. The molecule has 0 unspecified atom stereocenters. The average Bonchev–Trinajstić information content (AvgIpc) is 2.75. The first-order valence-electron chi connectivity index (χ1n) is 9.55. The fourth-order valence-corrected chi connectivity index (χ4v) is 3.37. The predicted molar refractivity (Wildman–Crippen MR) is 98.6 cm³/mol. The molecule has 0 spiro atoms. The zero-order valence-corrected chi connectivity index (χ0v) is 16.5. The average molecular weight is 432 g/mol. The number of benzene rings is 1. The highest BCUT2D eigenvalue weighted by molar-refractivity contribution is 5.31. The van der Waals surface area contributed by atoms with E-state index in [0.29, 0.717) is 11.5 Å². The van der Waals surface area contributed by atoms with Crippen molar-refractivity contribution in [3.63, 3.8) is 0 Å². The lowest BCUT2D eigenvalue weighted by Crippen LogP contribution is -2.64. The first-order chi connectivity index (χ1) is 14.3. The van der Waals surface area contributed by atoms with Gasteiger partial charge in [-0.25, -0.2) is 0 Å². The lowest BCUT2D eigenvalue weighted by Gasteiger charge is -2.45. The minimum atomic E-state index is -1.63. The minimum absolute atomic E-state index is 0.323. The molecule has 0 bridgehead atoms. The number of aliphatic hydroxyl groups is 6. The summed E-state index contributed by atoms with van der Waals surface area (Å²) < 4.78 is 27.4. The van der Waals surface area contributed by atoms with Crippen LogP contribution in [0.3, 0.4) is 0 Å². The van der Waals surface area contributed by atoms with Gasteiger partial charge in [0, 0.05) is 0 Å². The van der Waals surface area contributed by atoms with Gasteiger partial charge in [-0.2, -0.15) is 0 Å². The Hall–Kier alpha value is -1.54. The van der Waals surface area contributed by atoms with Crippen LogP contribution in [0, 0.1) is 0 Å². The smallest absolute Gasteiger partial charge is 0.229 e. The quantitative estimate of drug-likeness (QED) is 0.287. The van der Waals surface area contributed by atoms with Crippen molar-refractivity contribution in [1.82, 2.24) is 0 Å². The van der Waals surface area contributed by atoms with Gasteiger partial charge < -0.3 is 54.3 Å². The molecule has 0 aromatic heterocycles. The molecule has 0 radical (unpaired) electrons. The Bertz CT molecular complexity index is 671. The van der Waals surface area contributed by atoms with Crippen LogP contribution in [0.25, 0.3) is 0 Å². The van der Waals surface area contributed by atoms with Gasteiger partial charge in [-0.05, 0) is 31.2 Å². The number of hydrogen-bond acceptors (Lipinski definition) is 11. The van der Waals surface area contributed by atoms with E-state index >= 15 is 0 Å². The van der Waals surface area contributed by atoms with Gasteiger partial charge in [-0.1, -0.05) is 0 Å². The zero-order chi connectivity index (χ0) is 22.0. The highest BCUT2D eigenvalue weighted by atomic mass is 16.8. The molecular formula is C19H28O11. The Morgan fingerprint density at radius 3 is 2.03 bits per heavy atom. The Morgan fingerprint density at radius 2 is 1.43 bits per heavy atom. The van der Waals surface area contributed by atoms with Gasteiger partial charge >= 0.3 is 0 Å². The molecule has 1 aromatic carbocycles. The van der Waals surface area contributed by atoms with Crippen molar-refractivity contribution in [1.29, 1.82) is 0 Å². The molecule has 1 aromatic rings. The van der Waals surface area contributed by atoms with Gasteiger partial charge in [0.25, 0.3) is 0 Å². The van der Waals surface area contributed by atoms with Crippen LogP contribution in [0.1, 0.15) is 6.92 Å². The van der Waals surface area contributed by atoms with E-state index in [1.54, 1.807) is 24.3 Å². The summed E-state index contributed by atoms with van der Waals surface area (Å²) in [5, 5.41) is 60.2. The molecule has 3 rings (SSSR count). The molecule has 30 heavy (non-hydrogen) atoms. The number of ether oxygens (including phenoxy) is 5. The summed E-state index contributed by atoms with van der Waals surface area (Å²) in [6.07, 6.45) is -13.7. The summed E-state index contributed by atoms with van der Waals surface area (Å²) in [7, 11) is 1.51. The summed E-state index contributed by atoms with van der Waals surface area (Å²) in [6, 6.07) is 6.43. The van der Waals surface area contributed by atoms with Crippen molar-refractivity contribution in [2.45, 2.75) is 68.3 Å². The fourth-order valence-electron chi connectivity index (χ4n) is 3.37. The van der Waals surface area contributed by atoms with Gasteiger partial charge in [0.1, 0.15) is 48.1 Å². The summed E-state index contributed by atoms with van der Waals surface area (Å²) in [5.74, 6) is 0.910. The van der Waals surface area contributed by atoms with Crippen LogP contribution in [-0.4, -0.2) is 106 Å². The molecule has 2 fully saturated rings. The maximum Gasteiger partial charge on any atom is 0.229 e. The second-order valence-corrected chi connectivity index (χ2v) is 7.28. The topological polar surface area (TPSA) is 168 Å². The maximum absolute atomic E-state index is 10.6. The molecule has 2 heterocycles. The van der Waals surface area contributed by atoms with Crippen LogP contribution < -0.4 is 9.47 Å². The third-order valence-corrected chi connectivity index (χ3v) is 5.24. The van der Waals surface area contributed by atoms with Gasteiger partial charge in [0.15, 0.2) is 12.4 Å². The first kappa shape index (κ1) is 23.1. The van der Waals surface area contributed by atoms with Crippen molar-refractivity contribution < 1.29 is 54.3 Å². The first-order valence-corrected chi connectivity index (χ1v) is 9.55. The van der Waals surface area contributed by atoms with Gasteiger partial charge in [0.05, 0.1) is 19.8 Å². The molecule has 2 aliphatic heterocycles. The number of aliphatic hydroxyl groups excluding tert-OH is 6. The fraction of sp³-hybridized carbons (Fsp3) is 0.684. The summed E-state index contributed by atoms with van der Waals surface area (Å²) >= 11 is 0. The van der Waals surface area contributed by atoms with E-state index in [1.165, 1.54) is 14.0 Å². The van der Waals surface area contributed by atoms with Crippen molar-refractivity contribution in [2.24, 2.45) is 0 Å². The molecule has 0 aliphatic carbocycles. The van der Waals surface area contributed by atoms with Gasteiger partial charge in [-0.3, -0.25) is 0 Å². The monoisotopic (exact) mass is 432 g/mol. The van der Waals surface area contributed by atoms with Crippen molar-refractivity contribution in [3.05, 3.63) is 24.3 Å². The number of methoxy groups -OCH3 is 1. The van der Waals surface area contributed by atoms with E-state index in [9.17, 15) is 30.6 Å². The Balaban J connectivity index is 1.80. The van der Waals surface area contributed by atoms with E-state index in [2.05, 4.69) is 0 Å². The normalized spacial score (nSPS) is 42.0. The van der Waals surface area contributed by atoms with Gasteiger partial charge in [-0.15, -0.1) is 0 Å². The SMILES string of the molecule is COc1ccc(O[C@@H]2O[C@H](CO)[C@H](O)[C@H](O)[C@H]2O[C@@H]2O[C@@H](C)[C@H](O)[C@@H](O)[C@H]2O)cc1. The van der Waals surface area contributed by atoms with E-state index in [-0.39, 0.29) is 0 Å². The summed E-state index contributed by atoms with van der Waals surface area (Å²) in [4.78, 5) is 0. The van der Waals surface area contributed by atoms with Crippen LogP contribution in [0.5, 0.6) is 11.5 Å². The van der Waals surface area contributed by atoms with Crippen LogP contribution in [0.15, 0.2) is 24.3 Å². The van der Waals surface area contributed by atoms with Crippen LogP contribution in [0.4, 0.5) is 0 Å². The van der Waals surface area contributed by atoms with Crippen molar-refractivity contribution in [3.8, 4) is 11.5 Å². The molecular weight excluding hydrogens is 404 g/mol. The van der Waals surface area contributed by atoms with E-state index in [0.717, 1.165) is 0 Å². The maximum atomic E-state index is 10.6. The highest BCUT2D eigenvalue weighted by Gasteiger charge is 2.50. The molecule has 10 atom stereocenters. The zero-order valence-electron chi connectivity index (χ0n) is 16.5. The molecule has 170 valence electrons. The lowest BCUT2D eigenvalue weighted by molar-refractivity contribution is -0.354. The van der Waals surface area contributed by atoms with E-state index in [1.807, 2.05) is 0 Å². The molecule has 11 heteroatoms. The second kappa shape index (κ2) is 9.73. The standard InChI is InChI=1S/C19H28O11/c1-8-12(21)14(23)16(25)18(27-8)30-17-15(24)13(22)11(7-20)29-19(17)28-10-5-3-9(26-2)4-6-10/h3-6,8,11-25H,7H2,1-2H3/t8-,11+,12-,13-,14+,15-,16+,17+,18-,19+/m0/s1. The third-order valence-electron chi connectivity index (χ3n) is 5.24. The van der Waals surface area contributed by atoms with E-state index < -0.39 is 68.0 Å². The molecule has 11 nitrogen and oxygen atoms in total. The van der Waals surface area contributed by atoms with Crippen molar-refractivity contribution >= 4 is 0 Å². The summed E-state index contributed by atoms with van der Waals surface area (Å²) in [5.41, 5.74) is 0. The Kier molecular flexibility index (Phi) is 7.50. The molecule has 2 saturated heterocycles. The van der Waals surface area contributed by atoms with Crippen LogP contribution in [-0.2, 0) is 14.2 Å². The van der Waals surface area contributed by atoms with E-state index in [4.69, 9.17) is 23.7 Å². The molecule has 0 amide bonds. The predicted octanol–water partition coefficient (Wildman–Crippen LogP) is -2.27. The minimum Gasteiger partial charge on any atom is -0.497 e. The third kappa shape index (κ3) is 4.69. The number of hydrogen-bond donors (Lipinski definition) is 6. The summed E-state index contributed by atoms with van der Waals surface area (Å²) in [6.45, 7) is 0.893. The second-order valence-electron chi connectivity index (χ2n) is 7.28. The highest BCUT2D eigenvalue weighted by Crippen LogP contribution is 2.30. The molecule has 6 N–H and O–H groups in total. The number of rotatable bonds is 6. The van der Waals surface area contributed by atoms with Crippen molar-refractivity contribution in [2.75, 3.05) is 13.7 Å². The van der Waals surface area contributed by atoms with Crippen LogP contribution in [0.2, 0.25) is 0 Å². The van der Waals surface area contributed by atoms with Gasteiger partial charge in [0.2, 0.25) is 6.29 Å². The molecule has 0 saturated carbocycles. The molecule has 2 aliphatic rings. The van der Waals surface area contributed by atoms with Crippen LogP contribution >= 0.6 is 0 Å². The Labute approximate surface area is 172 Å². The lowest BCUT2D eigenvalue weighted by atomic mass is 9.97.